The Kier molecular flexibility index (Phi) is 4.56. The first-order chi connectivity index (χ1) is 10.1. The highest BCUT2D eigenvalue weighted by molar-refractivity contribution is 6.08. The average molecular weight is 283 g/mol. The van der Waals surface area contributed by atoms with Crippen LogP contribution in [0.25, 0.3) is 0 Å². The van der Waals surface area contributed by atoms with E-state index >= 15 is 0 Å². The van der Waals surface area contributed by atoms with Gasteiger partial charge in [-0.2, -0.15) is 0 Å². The van der Waals surface area contributed by atoms with E-state index in [0.29, 0.717) is 16.8 Å². The summed E-state index contributed by atoms with van der Waals surface area (Å²) in [6, 6.07) is 13.8. The van der Waals surface area contributed by atoms with Gasteiger partial charge in [-0.05, 0) is 37.3 Å². The summed E-state index contributed by atoms with van der Waals surface area (Å²) >= 11 is 0. The Morgan fingerprint density at radius 2 is 1.86 bits per heavy atom. The number of nitrogens with two attached hydrogens (primary N) is 1. The minimum absolute atomic E-state index is 0.242. The molecular formula is C16H17N3O2. The first-order valence-corrected chi connectivity index (χ1v) is 6.66. The summed E-state index contributed by atoms with van der Waals surface area (Å²) < 4.78 is 0. The van der Waals surface area contributed by atoms with Crippen molar-refractivity contribution in [2.24, 2.45) is 5.73 Å². The van der Waals surface area contributed by atoms with E-state index in [9.17, 15) is 9.59 Å². The van der Waals surface area contributed by atoms with Gasteiger partial charge in [0.25, 0.3) is 5.91 Å². The second-order valence-corrected chi connectivity index (χ2v) is 4.48. The number of anilines is 2. The highest BCUT2D eigenvalue weighted by Gasteiger charge is 2.11. The molecule has 0 fully saturated rings. The van der Waals surface area contributed by atoms with Gasteiger partial charge in [0.2, 0.25) is 5.91 Å². The van der Waals surface area contributed by atoms with Crippen LogP contribution in [-0.2, 0) is 0 Å². The number of amides is 2. The second-order valence-electron chi connectivity index (χ2n) is 4.48. The van der Waals surface area contributed by atoms with Gasteiger partial charge in [-0.1, -0.05) is 18.2 Å². The zero-order valence-electron chi connectivity index (χ0n) is 11.7. The molecule has 2 aromatic rings. The van der Waals surface area contributed by atoms with Gasteiger partial charge in [0.15, 0.2) is 0 Å². The largest absolute Gasteiger partial charge is 0.385 e. The summed E-state index contributed by atoms with van der Waals surface area (Å²) in [5.41, 5.74) is 7.42. The van der Waals surface area contributed by atoms with Crippen molar-refractivity contribution in [3.8, 4) is 0 Å². The van der Waals surface area contributed by atoms with E-state index in [4.69, 9.17) is 5.73 Å². The van der Waals surface area contributed by atoms with Gasteiger partial charge in [0, 0.05) is 23.5 Å². The lowest BCUT2D eigenvalue weighted by Gasteiger charge is -2.11. The Balaban J connectivity index is 2.22. The van der Waals surface area contributed by atoms with Crippen LogP contribution < -0.4 is 16.4 Å². The van der Waals surface area contributed by atoms with E-state index in [-0.39, 0.29) is 5.91 Å². The lowest BCUT2D eigenvalue weighted by atomic mass is 10.1. The first-order valence-electron chi connectivity index (χ1n) is 6.66. The molecule has 0 atom stereocenters. The van der Waals surface area contributed by atoms with E-state index in [1.807, 2.05) is 19.1 Å². The van der Waals surface area contributed by atoms with Crippen LogP contribution in [0, 0.1) is 0 Å². The lowest BCUT2D eigenvalue weighted by molar-refractivity contribution is 0.0996. The molecule has 0 aliphatic rings. The van der Waals surface area contributed by atoms with E-state index in [0.717, 1.165) is 12.2 Å². The molecular weight excluding hydrogens is 266 g/mol. The van der Waals surface area contributed by atoms with E-state index in [2.05, 4.69) is 10.6 Å². The highest BCUT2D eigenvalue weighted by Crippen LogP contribution is 2.17. The Labute approximate surface area is 123 Å². The minimum atomic E-state index is -0.529. The number of hydrogen-bond donors (Lipinski definition) is 3. The maximum Gasteiger partial charge on any atom is 0.257 e. The predicted molar refractivity (Wildman–Crippen MR) is 83.5 cm³/mol. The van der Waals surface area contributed by atoms with E-state index in [1.54, 1.807) is 36.4 Å². The third-order valence-corrected chi connectivity index (χ3v) is 2.94. The first kappa shape index (κ1) is 14.6. The molecule has 0 aliphatic heterocycles. The topological polar surface area (TPSA) is 84.2 Å². The number of carbonyl (C=O) groups excluding carboxylic acids is 2. The molecule has 2 rings (SSSR count). The fourth-order valence-electron chi connectivity index (χ4n) is 1.97. The summed E-state index contributed by atoms with van der Waals surface area (Å²) in [7, 11) is 0. The summed E-state index contributed by atoms with van der Waals surface area (Å²) in [6.07, 6.45) is 0. The molecule has 0 spiro atoms. The van der Waals surface area contributed by atoms with Gasteiger partial charge >= 0.3 is 0 Å². The van der Waals surface area contributed by atoms with Gasteiger partial charge in [-0.15, -0.1) is 0 Å². The molecule has 0 aliphatic carbocycles. The zero-order valence-corrected chi connectivity index (χ0v) is 11.7. The minimum Gasteiger partial charge on any atom is -0.385 e. The van der Waals surface area contributed by atoms with Crippen molar-refractivity contribution in [2.75, 3.05) is 17.2 Å². The molecule has 21 heavy (non-hydrogen) atoms. The number of benzene rings is 2. The number of nitrogens with one attached hydrogen (secondary N) is 2. The van der Waals surface area contributed by atoms with Crippen molar-refractivity contribution in [3.63, 3.8) is 0 Å². The van der Waals surface area contributed by atoms with Crippen LogP contribution >= 0.6 is 0 Å². The quantitative estimate of drug-likeness (QED) is 0.788. The maximum absolute atomic E-state index is 12.3. The monoisotopic (exact) mass is 283 g/mol. The van der Waals surface area contributed by atoms with Crippen LogP contribution in [0.1, 0.15) is 27.6 Å². The van der Waals surface area contributed by atoms with Crippen LogP contribution in [0.4, 0.5) is 11.4 Å². The van der Waals surface area contributed by atoms with Gasteiger partial charge in [-0.3, -0.25) is 9.59 Å². The van der Waals surface area contributed by atoms with Crippen molar-refractivity contribution >= 4 is 23.2 Å². The van der Waals surface area contributed by atoms with Crippen LogP contribution in [0.2, 0.25) is 0 Å². The standard InChI is InChI=1S/C16H17N3O2/c1-2-18-14-9-4-3-8-13(14)16(21)19-12-7-5-6-11(10-12)15(17)20/h3-10,18H,2H2,1H3,(H2,17,20)(H,19,21). The lowest BCUT2D eigenvalue weighted by Crippen LogP contribution is -2.16. The fourth-order valence-corrected chi connectivity index (χ4v) is 1.97. The fraction of sp³-hybridized carbons (Fsp3) is 0.125. The molecule has 0 saturated heterocycles. The number of primary amides is 1. The van der Waals surface area contributed by atoms with Crippen LogP contribution in [0.5, 0.6) is 0 Å². The molecule has 0 bridgehead atoms. The molecule has 4 N–H and O–H groups in total. The van der Waals surface area contributed by atoms with Crippen molar-refractivity contribution in [1.29, 1.82) is 0 Å². The molecule has 2 aromatic carbocycles. The van der Waals surface area contributed by atoms with E-state index < -0.39 is 5.91 Å². The molecule has 2 amide bonds. The Morgan fingerprint density at radius 1 is 1.10 bits per heavy atom. The normalized spacial score (nSPS) is 9.95. The number of carbonyl (C=O) groups is 2. The second kappa shape index (κ2) is 6.56. The molecule has 108 valence electrons. The van der Waals surface area contributed by atoms with Gasteiger partial charge in [0.05, 0.1) is 5.56 Å². The molecule has 0 unspecified atom stereocenters. The van der Waals surface area contributed by atoms with Crippen molar-refractivity contribution < 1.29 is 9.59 Å². The maximum atomic E-state index is 12.3. The Hall–Kier alpha value is -2.82. The van der Waals surface area contributed by atoms with Gasteiger partial charge in [0.1, 0.15) is 0 Å². The molecule has 5 nitrogen and oxygen atoms in total. The molecule has 5 heteroatoms. The van der Waals surface area contributed by atoms with Gasteiger partial charge < -0.3 is 16.4 Å². The Bertz CT molecular complexity index is 668. The number of para-hydroxylation sites is 1. The molecule has 0 saturated carbocycles. The van der Waals surface area contributed by atoms with Crippen molar-refractivity contribution in [1.82, 2.24) is 0 Å². The van der Waals surface area contributed by atoms with Crippen molar-refractivity contribution in [3.05, 3.63) is 59.7 Å². The van der Waals surface area contributed by atoms with Crippen LogP contribution in [-0.4, -0.2) is 18.4 Å². The van der Waals surface area contributed by atoms with Crippen LogP contribution in [0.3, 0.4) is 0 Å². The summed E-state index contributed by atoms with van der Waals surface area (Å²) in [6.45, 7) is 2.69. The van der Waals surface area contributed by atoms with Crippen molar-refractivity contribution in [2.45, 2.75) is 6.92 Å². The third kappa shape index (κ3) is 3.60. The zero-order chi connectivity index (χ0) is 15.2. The Morgan fingerprint density at radius 3 is 2.57 bits per heavy atom. The summed E-state index contributed by atoms with van der Waals surface area (Å²) in [5.74, 6) is -0.771. The summed E-state index contributed by atoms with van der Waals surface area (Å²) in [5, 5.41) is 5.90. The van der Waals surface area contributed by atoms with E-state index in [1.165, 1.54) is 0 Å². The number of hydrogen-bond acceptors (Lipinski definition) is 3. The smallest absolute Gasteiger partial charge is 0.257 e. The number of rotatable bonds is 5. The molecule has 0 aromatic heterocycles. The SMILES string of the molecule is CCNc1ccccc1C(=O)Nc1cccc(C(N)=O)c1. The summed E-state index contributed by atoms with van der Waals surface area (Å²) in [4.78, 5) is 23.5. The predicted octanol–water partition coefficient (Wildman–Crippen LogP) is 2.47. The highest BCUT2D eigenvalue weighted by atomic mass is 16.2. The third-order valence-electron chi connectivity index (χ3n) is 2.94. The average Bonchev–Trinajstić information content (AvgIpc) is 2.48. The van der Waals surface area contributed by atoms with Gasteiger partial charge in [-0.25, -0.2) is 0 Å². The molecule has 0 radical (unpaired) electrons. The van der Waals surface area contributed by atoms with Crippen LogP contribution in [0.15, 0.2) is 48.5 Å². The molecule has 0 heterocycles.